The van der Waals surface area contributed by atoms with Crippen LogP contribution in [0, 0.1) is 17.5 Å². The number of alkyl halides is 3. The smallest absolute Gasteiger partial charge is 0.282 e. The van der Waals surface area contributed by atoms with Crippen LogP contribution in [0.4, 0.5) is 26.3 Å². The summed E-state index contributed by atoms with van der Waals surface area (Å²) in [5, 5.41) is 6.69. The van der Waals surface area contributed by atoms with Gasteiger partial charge < -0.3 is 0 Å². The van der Waals surface area contributed by atoms with Crippen molar-refractivity contribution in [2.75, 3.05) is 0 Å². The highest BCUT2D eigenvalue weighted by atomic mass is 19.4. The summed E-state index contributed by atoms with van der Waals surface area (Å²) in [7, 11) is 0. The van der Waals surface area contributed by atoms with Crippen LogP contribution in [0.15, 0.2) is 42.5 Å². The van der Waals surface area contributed by atoms with Crippen molar-refractivity contribution in [1.82, 2.24) is 15.0 Å². The molecule has 3 aromatic rings. The maximum absolute atomic E-state index is 13.9. The molecule has 1 aromatic heterocycles. The van der Waals surface area contributed by atoms with Gasteiger partial charge in [0.1, 0.15) is 23.1 Å². The average Bonchev–Trinajstić information content (AvgIpc) is 3.01. The number of carbonyl (C=O) groups excluding carboxylic acids is 1. The first-order valence-electron chi connectivity index (χ1n) is 7.42. The lowest BCUT2D eigenvalue weighted by molar-refractivity contribution is -0.0887. The van der Waals surface area contributed by atoms with Crippen molar-refractivity contribution in [2.45, 2.75) is 12.7 Å². The number of carbonyl (C=O) groups is 1. The van der Waals surface area contributed by atoms with Crippen LogP contribution >= 0.6 is 0 Å². The van der Waals surface area contributed by atoms with Gasteiger partial charge in [-0.2, -0.15) is 13.2 Å². The van der Waals surface area contributed by atoms with Gasteiger partial charge in [0, 0.05) is 11.1 Å². The molecule has 0 fully saturated rings. The van der Waals surface area contributed by atoms with Gasteiger partial charge in [0.25, 0.3) is 5.78 Å². The lowest BCUT2D eigenvalue weighted by Gasteiger charge is -2.10. The van der Waals surface area contributed by atoms with Gasteiger partial charge in [-0.3, -0.25) is 4.79 Å². The average molecular weight is 385 g/mol. The van der Waals surface area contributed by atoms with Crippen LogP contribution in [0.2, 0.25) is 0 Å². The fourth-order valence-corrected chi connectivity index (χ4v) is 2.44. The number of Topliss-reactive ketones (excluding diaryl/α,β-unsaturated/α-hetero) is 1. The number of ketones is 1. The first kappa shape index (κ1) is 18.6. The molecule has 4 nitrogen and oxygen atoms in total. The number of rotatable bonds is 4. The molecule has 0 aliphatic rings. The second-order valence-electron chi connectivity index (χ2n) is 5.48. The molecule has 0 N–H and O–H groups in total. The Hall–Kier alpha value is -3.17. The highest BCUT2D eigenvalue weighted by Crippen LogP contribution is 2.29. The molecule has 0 aliphatic carbocycles. The molecule has 10 heteroatoms. The van der Waals surface area contributed by atoms with E-state index in [4.69, 9.17) is 0 Å². The van der Waals surface area contributed by atoms with Crippen molar-refractivity contribution < 1.29 is 31.1 Å². The van der Waals surface area contributed by atoms with E-state index in [1.807, 2.05) is 0 Å². The molecule has 140 valence electrons. The van der Waals surface area contributed by atoms with Crippen LogP contribution in [0.1, 0.15) is 16.1 Å². The molecule has 0 amide bonds. The normalized spacial score (nSPS) is 11.6. The van der Waals surface area contributed by atoms with Gasteiger partial charge in [-0.15, -0.1) is 5.10 Å². The van der Waals surface area contributed by atoms with Crippen LogP contribution in [0.3, 0.4) is 0 Å². The summed E-state index contributed by atoms with van der Waals surface area (Å²) >= 11 is 0. The van der Waals surface area contributed by atoms with E-state index in [1.54, 1.807) is 0 Å². The minimum atomic E-state index is -5.24. The van der Waals surface area contributed by atoms with E-state index in [1.165, 1.54) is 0 Å². The Balaban J connectivity index is 2.16. The Kier molecular flexibility index (Phi) is 4.73. The molecule has 0 aliphatic heterocycles. The highest BCUT2D eigenvalue weighted by molar-refractivity contribution is 6.03. The zero-order valence-electron chi connectivity index (χ0n) is 13.3. The van der Waals surface area contributed by atoms with Crippen molar-refractivity contribution in [2.24, 2.45) is 0 Å². The van der Waals surface area contributed by atoms with Crippen molar-refractivity contribution in [3.05, 3.63) is 71.2 Å². The number of nitrogens with zero attached hydrogens (tertiary/aromatic N) is 3. The van der Waals surface area contributed by atoms with E-state index in [2.05, 4.69) is 10.3 Å². The van der Waals surface area contributed by atoms with Gasteiger partial charge in [0.2, 0.25) is 0 Å². The molecule has 0 spiro atoms. The molecule has 3 rings (SSSR count). The van der Waals surface area contributed by atoms with Gasteiger partial charge in [-0.05, 0) is 36.4 Å². The predicted octanol–water partition coefficient (Wildman–Crippen LogP) is 4.16. The Morgan fingerprint density at radius 2 is 1.56 bits per heavy atom. The fourth-order valence-electron chi connectivity index (χ4n) is 2.44. The van der Waals surface area contributed by atoms with Gasteiger partial charge in [-0.1, -0.05) is 11.3 Å². The molecule has 0 atom stereocenters. The predicted molar refractivity (Wildman–Crippen MR) is 81.3 cm³/mol. The van der Waals surface area contributed by atoms with Crippen molar-refractivity contribution in [1.29, 1.82) is 0 Å². The lowest BCUT2D eigenvalue weighted by Crippen LogP contribution is -2.24. The van der Waals surface area contributed by atoms with Crippen LogP contribution in [-0.2, 0) is 6.54 Å². The first-order valence-corrected chi connectivity index (χ1v) is 7.42. The number of hydrogen-bond acceptors (Lipinski definition) is 3. The van der Waals surface area contributed by atoms with E-state index in [0.717, 1.165) is 47.1 Å². The zero-order valence-corrected chi connectivity index (χ0v) is 13.3. The minimum absolute atomic E-state index is 0.0225. The molecule has 1 heterocycles. The fraction of sp³-hybridized carbons (Fsp3) is 0.118. The summed E-state index contributed by atoms with van der Waals surface area (Å²) in [5.74, 6) is -4.83. The molecule has 0 unspecified atom stereocenters. The molecular weight excluding hydrogens is 376 g/mol. The molecule has 27 heavy (non-hydrogen) atoms. The number of hydrogen-bond donors (Lipinski definition) is 0. The summed E-state index contributed by atoms with van der Waals surface area (Å²) in [5.41, 5.74) is -1.98. The maximum atomic E-state index is 13.9. The Labute approximate surface area is 148 Å². The monoisotopic (exact) mass is 385 g/mol. The van der Waals surface area contributed by atoms with Crippen molar-refractivity contribution in [3.8, 4) is 11.3 Å². The van der Waals surface area contributed by atoms with E-state index in [-0.39, 0.29) is 5.56 Å². The summed E-state index contributed by atoms with van der Waals surface area (Å²) in [6, 6.07) is 7.18. The number of halogens is 6. The second kappa shape index (κ2) is 6.86. The molecule has 0 saturated heterocycles. The van der Waals surface area contributed by atoms with E-state index < -0.39 is 52.9 Å². The third-order valence-electron chi connectivity index (χ3n) is 3.69. The third-order valence-corrected chi connectivity index (χ3v) is 3.69. The number of aromatic nitrogens is 3. The Morgan fingerprint density at radius 1 is 0.963 bits per heavy atom. The van der Waals surface area contributed by atoms with Gasteiger partial charge in [0.05, 0.1) is 6.54 Å². The first-order chi connectivity index (χ1) is 12.7. The second-order valence-corrected chi connectivity index (χ2v) is 5.48. The Morgan fingerprint density at radius 3 is 2.11 bits per heavy atom. The number of benzene rings is 2. The van der Waals surface area contributed by atoms with Gasteiger partial charge in [0.15, 0.2) is 5.69 Å². The zero-order chi connectivity index (χ0) is 19.8. The van der Waals surface area contributed by atoms with E-state index >= 15 is 0 Å². The molecular formula is C17H9F6N3O. The van der Waals surface area contributed by atoms with Gasteiger partial charge >= 0.3 is 6.18 Å². The van der Waals surface area contributed by atoms with Gasteiger partial charge in [-0.25, -0.2) is 17.9 Å². The largest absolute Gasteiger partial charge is 0.456 e. The summed E-state index contributed by atoms with van der Waals surface area (Å²) in [6.45, 7) is -0.622. The molecule has 0 saturated carbocycles. The van der Waals surface area contributed by atoms with Crippen molar-refractivity contribution in [3.63, 3.8) is 0 Å². The molecule has 0 radical (unpaired) electrons. The molecule has 2 aromatic carbocycles. The topological polar surface area (TPSA) is 47.8 Å². The standard InChI is InChI=1S/C17H9F6N3O/c18-10-6-4-9(5-7-10)15-14(16(27)17(21,22)23)24-25-26(15)8-11-12(19)2-1-3-13(11)20/h1-7H,8H2. The lowest BCUT2D eigenvalue weighted by atomic mass is 10.1. The van der Waals surface area contributed by atoms with Crippen LogP contribution in [0.5, 0.6) is 0 Å². The highest BCUT2D eigenvalue weighted by Gasteiger charge is 2.43. The van der Waals surface area contributed by atoms with E-state index in [9.17, 15) is 31.1 Å². The Bertz CT molecular complexity index is 975. The minimum Gasteiger partial charge on any atom is -0.282 e. The SMILES string of the molecule is O=C(c1nnn(Cc2c(F)cccc2F)c1-c1ccc(F)cc1)C(F)(F)F. The van der Waals surface area contributed by atoms with Crippen LogP contribution in [-0.4, -0.2) is 27.0 Å². The summed E-state index contributed by atoms with van der Waals surface area (Å²) < 4.78 is 80.2. The van der Waals surface area contributed by atoms with Crippen LogP contribution < -0.4 is 0 Å². The maximum Gasteiger partial charge on any atom is 0.456 e. The third kappa shape index (κ3) is 3.69. The molecule has 0 bridgehead atoms. The van der Waals surface area contributed by atoms with Crippen LogP contribution in [0.25, 0.3) is 11.3 Å². The summed E-state index contributed by atoms with van der Waals surface area (Å²) in [4.78, 5) is 11.7. The quantitative estimate of drug-likeness (QED) is 0.501. The summed E-state index contributed by atoms with van der Waals surface area (Å²) in [6.07, 6.45) is -5.24. The van der Waals surface area contributed by atoms with Crippen molar-refractivity contribution >= 4 is 5.78 Å². The van der Waals surface area contributed by atoms with E-state index in [0.29, 0.717) is 0 Å².